The van der Waals surface area contributed by atoms with Crippen LogP contribution in [0.15, 0.2) is 36.7 Å². The Morgan fingerprint density at radius 3 is 2.86 bits per heavy atom. The van der Waals surface area contributed by atoms with E-state index in [1.807, 2.05) is 0 Å². The highest BCUT2D eigenvalue weighted by Crippen LogP contribution is 2.29. The smallest absolute Gasteiger partial charge is 0.300 e. The molecule has 0 amide bonds. The molecule has 0 saturated carbocycles. The molecule has 21 heavy (non-hydrogen) atoms. The molecule has 3 rings (SSSR count). The number of aromatic amines is 1. The SMILES string of the molecule is O=[N+]([O-])c1c(Cc2cc(F)cc(Cl)c2)ccc2[nH]cnc12. The molecule has 0 atom stereocenters. The number of rotatable bonds is 3. The van der Waals surface area contributed by atoms with Gasteiger partial charge in [0.2, 0.25) is 0 Å². The lowest BCUT2D eigenvalue weighted by atomic mass is 10.0. The molecule has 0 spiro atoms. The molecule has 2 aromatic carbocycles. The van der Waals surface area contributed by atoms with Crippen LogP contribution in [0.3, 0.4) is 0 Å². The molecule has 0 saturated heterocycles. The minimum absolute atomic E-state index is 0.0749. The summed E-state index contributed by atoms with van der Waals surface area (Å²) in [6, 6.07) is 7.44. The monoisotopic (exact) mass is 305 g/mol. The lowest BCUT2D eigenvalue weighted by Crippen LogP contribution is -1.98. The second-order valence-corrected chi connectivity index (χ2v) is 5.02. The molecular formula is C14H9ClFN3O2. The van der Waals surface area contributed by atoms with Crippen molar-refractivity contribution >= 4 is 28.3 Å². The van der Waals surface area contributed by atoms with Gasteiger partial charge < -0.3 is 4.98 Å². The third kappa shape index (κ3) is 2.57. The van der Waals surface area contributed by atoms with Crippen LogP contribution in [0, 0.1) is 15.9 Å². The average Bonchev–Trinajstić information content (AvgIpc) is 2.84. The third-order valence-corrected chi connectivity index (χ3v) is 3.37. The summed E-state index contributed by atoms with van der Waals surface area (Å²) >= 11 is 5.81. The highest BCUT2D eigenvalue weighted by Gasteiger charge is 2.20. The summed E-state index contributed by atoms with van der Waals surface area (Å²) in [6.07, 6.45) is 1.61. The molecule has 0 aliphatic carbocycles. The lowest BCUT2D eigenvalue weighted by molar-refractivity contribution is -0.383. The number of hydrogen-bond donors (Lipinski definition) is 1. The topological polar surface area (TPSA) is 71.8 Å². The lowest BCUT2D eigenvalue weighted by Gasteiger charge is -2.05. The van der Waals surface area contributed by atoms with Gasteiger partial charge in [-0.1, -0.05) is 11.6 Å². The number of nitrogens with one attached hydrogen (secondary N) is 1. The van der Waals surface area contributed by atoms with Crippen molar-refractivity contribution in [2.24, 2.45) is 0 Å². The number of imidazole rings is 1. The minimum Gasteiger partial charge on any atom is -0.344 e. The van der Waals surface area contributed by atoms with Crippen LogP contribution in [0.5, 0.6) is 0 Å². The van der Waals surface area contributed by atoms with E-state index in [9.17, 15) is 14.5 Å². The average molecular weight is 306 g/mol. The Morgan fingerprint density at radius 2 is 2.14 bits per heavy atom. The largest absolute Gasteiger partial charge is 0.344 e. The van der Waals surface area contributed by atoms with Crippen LogP contribution in [0.4, 0.5) is 10.1 Å². The molecule has 1 aromatic heterocycles. The van der Waals surface area contributed by atoms with Gasteiger partial charge in [0.25, 0.3) is 0 Å². The van der Waals surface area contributed by atoms with Crippen LogP contribution in [-0.4, -0.2) is 14.9 Å². The predicted octanol–water partition coefficient (Wildman–Crippen LogP) is 3.85. The van der Waals surface area contributed by atoms with Gasteiger partial charge in [-0.3, -0.25) is 10.1 Å². The molecule has 3 aromatic rings. The van der Waals surface area contributed by atoms with Crippen molar-refractivity contribution in [2.45, 2.75) is 6.42 Å². The molecule has 0 aliphatic rings. The maximum atomic E-state index is 13.4. The van der Waals surface area contributed by atoms with Gasteiger partial charge in [-0.15, -0.1) is 0 Å². The Hall–Kier alpha value is -2.47. The molecule has 0 aliphatic heterocycles. The number of nitro benzene ring substituents is 1. The zero-order valence-electron chi connectivity index (χ0n) is 10.6. The van der Waals surface area contributed by atoms with Gasteiger partial charge in [-0.2, -0.15) is 0 Å². The van der Waals surface area contributed by atoms with Gasteiger partial charge in [-0.25, -0.2) is 9.37 Å². The fourth-order valence-electron chi connectivity index (χ4n) is 2.31. The first-order valence-electron chi connectivity index (χ1n) is 6.09. The second kappa shape index (κ2) is 5.14. The Balaban J connectivity index is 2.11. The summed E-state index contributed by atoms with van der Waals surface area (Å²) < 4.78 is 13.4. The van der Waals surface area contributed by atoms with Crippen molar-refractivity contribution in [3.63, 3.8) is 0 Å². The number of benzene rings is 2. The van der Waals surface area contributed by atoms with Crippen LogP contribution < -0.4 is 0 Å². The van der Waals surface area contributed by atoms with Gasteiger partial charge in [0.15, 0.2) is 5.52 Å². The number of hydrogen-bond acceptors (Lipinski definition) is 3. The Labute approximate surface area is 123 Å². The van der Waals surface area contributed by atoms with Gasteiger partial charge in [0.1, 0.15) is 5.82 Å². The highest BCUT2D eigenvalue weighted by molar-refractivity contribution is 6.30. The third-order valence-electron chi connectivity index (χ3n) is 3.15. The van der Waals surface area contributed by atoms with Crippen LogP contribution in [0.2, 0.25) is 5.02 Å². The summed E-state index contributed by atoms with van der Waals surface area (Å²) in [6.45, 7) is 0. The number of aromatic nitrogens is 2. The number of H-pyrrole nitrogens is 1. The van der Waals surface area contributed by atoms with E-state index in [-0.39, 0.29) is 17.1 Å². The van der Waals surface area contributed by atoms with E-state index in [1.54, 1.807) is 18.2 Å². The van der Waals surface area contributed by atoms with Crippen molar-refractivity contribution in [3.05, 3.63) is 68.7 Å². The summed E-state index contributed by atoms with van der Waals surface area (Å²) in [4.78, 5) is 17.6. The van der Waals surface area contributed by atoms with Crippen LogP contribution >= 0.6 is 11.6 Å². The van der Waals surface area contributed by atoms with E-state index >= 15 is 0 Å². The van der Waals surface area contributed by atoms with Crippen molar-refractivity contribution < 1.29 is 9.31 Å². The zero-order chi connectivity index (χ0) is 15.0. The molecular weight excluding hydrogens is 297 g/mol. The van der Waals surface area contributed by atoms with Gasteiger partial charge in [0.05, 0.1) is 16.8 Å². The van der Waals surface area contributed by atoms with Crippen molar-refractivity contribution in [1.82, 2.24) is 9.97 Å². The van der Waals surface area contributed by atoms with E-state index in [2.05, 4.69) is 9.97 Å². The summed E-state index contributed by atoms with van der Waals surface area (Å²) in [5.74, 6) is -0.471. The normalized spacial score (nSPS) is 11.0. The Morgan fingerprint density at radius 1 is 1.33 bits per heavy atom. The van der Waals surface area contributed by atoms with E-state index in [4.69, 9.17) is 11.6 Å². The molecule has 0 radical (unpaired) electrons. The van der Waals surface area contributed by atoms with Gasteiger partial charge >= 0.3 is 5.69 Å². The highest BCUT2D eigenvalue weighted by atomic mass is 35.5. The fraction of sp³-hybridized carbons (Fsp3) is 0.0714. The first-order valence-corrected chi connectivity index (χ1v) is 6.47. The molecule has 1 N–H and O–H groups in total. The first-order chi connectivity index (χ1) is 10.0. The van der Waals surface area contributed by atoms with Crippen molar-refractivity contribution in [1.29, 1.82) is 0 Å². The molecule has 0 bridgehead atoms. The Kier molecular flexibility index (Phi) is 3.31. The quantitative estimate of drug-likeness (QED) is 0.590. The predicted molar refractivity (Wildman–Crippen MR) is 77.0 cm³/mol. The van der Waals surface area contributed by atoms with Crippen molar-refractivity contribution in [3.8, 4) is 0 Å². The molecule has 0 unspecified atom stereocenters. The summed E-state index contributed by atoms with van der Waals surface area (Å²) in [5, 5.41) is 11.6. The second-order valence-electron chi connectivity index (χ2n) is 4.58. The van der Waals surface area contributed by atoms with Gasteiger partial charge in [-0.05, 0) is 35.9 Å². The van der Waals surface area contributed by atoms with Crippen LogP contribution in [-0.2, 0) is 6.42 Å². The first kappa shape index (κ1) is 13.5. The maximum absolute atomic E-state index is 13.4. The summed E-state index contributed by atoms with van der Waals surface area (Å²) in [7, 11) is 0. The Bertz CT molecular complexity index is 827. The molecule has 106 valence electrons. The van der Waals surface area contributed by atoms with Gasteiger partial charge in [0, 0.05) is 17.0 Å². The standard InChI is InChI=1S/C14H9ClFN3O2/c15-10-4-8(5-11(16)6-10)3-9-1-2-12-13(18-7-17-12)14(9)19(20)21/h1-2,4-7H,3H2,(H,17,18). The van der Waals surface area contributed by atoms with E-state index in [0.717, 1.165) is 0 Å². The van der Waals surface area contributed by atoms with E-state index in [0.29, 0.717) is 22.2 Å². The van der Waals surface area contributed by atoms with E-state index < -0.39 is 10.7 Å². The number of fused-ring (bicyclic) bond motifs is 1. The van der Waals surface area contributed by atoms with Crippen LogP contribution in [0.1, 0.15) is 11.1 Å². The molecule has 7 heteroatoms. The minimum atomic E-state index is -0.473. The number of nitrogens with zero attached hydrogens (tertiary/aromatic N) is 2. The molecule has 5 nitrogen and oxygen atoms in total. The molecule has 0 fully saturated rings. The number of halogens is 2. The maximum Gasteiger partial charge on any atom is 0.300 e. The zero-order valence-corrected chi connectivity index (χ0v) is 11.4. The van der Waals surface area contributed by atoms with Crippen LogP contribution in [0.25, 0.3) is 11.0 Å². The fourth-order valence-corrected chi connectivity index (χ4v) is 2.56. The molecule has 1 heterocycles. The van der Waals surface area contributed by atoms with E-state index in [1.165, 1.54) is 18.5 Å². The number of nitro groups is 1. The summed E-state index contributed by atoms with van der Waals surface area (Å²) in [5.41, 5.74) is 1.83. The van der Waals surface area contributed by atoms with Crippen molar-refractivity contribution in [2.75, 3.05) is 0 Å².